The third-order valence-electron chi connectivity index (χ3n) is 2.53. The van der Waals surface area contributed by atoms with Crippen molar-refractivity contribution in [2.45, 2.75) is 19.4 Å². The molecule has 0 aliphatic carbocycles. The first kappa shape index (κ1) is 8.05. The highest BCUT2D eigenvalue weighted by molar-refractivity contribution is 6.31. The number of aromatic nitrogens is 3. The van der Waals surface area contributed by atoms with E-state index in [1.54, 1.807) is 6.33 Å². The first-order chi connectivity index (χ1) is 6.75. The van der Waals surface area contributed by atoms with Gasteiger partial charge in [-0.1, -0.05) is 11.6 Å². The Labute approximate surface area is 85.7 Å². The van der Waals surface area contributed by atoms with Crippen molar-refractivity contribution in [1.82, 2.24) is 15.0 Å². The zero-order valence-electron chi connectivity index (χ0n) is 7.63. The van der Waals surface area contributed by atoms with Crippen molar-refractivity contribution in [2.24, 2.45) is 0 Å². The Morgan fingerprint density at radius 2 is 2.43 bits per heavy atom. The third-order valence-corrected chi connectivity index (χ3v) is 2.84. The highest BCUT2D eigenvalue weighted by atomic mass is 35.5. The predicted molar refractivity (Wildman–Crippen MR) is 55.7 cm³/mol. The van der Waals surface area contributed by atoms with E-state index in [4.69, 9.17) is 11.6 Å². The van der Waals surface area contributed by atoms with Crippen LogP contribution in [-0.2, 0) is 6.42 Å². The Morgan fingerprint density at radius 3 is 3.29 bits per heavy atom. The van der Waals surface area contributed by atoms with Crippen molar-refractivity contribution in [3.8, 4) is 0 Å². The molecule has 5 heteroatoms. The summed E-state index contributed by atoms with van der Waals surface area (Å²) < 4.78 is 0. The summed E-state index contributed by atoms with van der Waals surface area (Å²) in [5.41, 5.74) is 3.78. The van der Waals surface area contributed by atoms with Crippen LogP contribution in [-0.4, -0.2) is 21.0 Å². The van der Waals surface area contributed by atoms with E-state index < -0.39 is 0 Å². The standard InChI is InChI=1S/C9H9ClN4/c1-4-2-5-6(13-4)7-9(12-3-11-7)14-8(5)10/h3-4,13H,2H2,1H3,(H,11,12,14). The average molecular weight is 209 g/mol. The molecule has 3 heterocycles. The van der Waals surface area contributed by atoms with Crippen molar-refractivity contribution >= 4 is 28.5 Å². The van der Waals surface area contributed by atoms with E-state index in [-0.39, 0.29) is 0 Å². The van der Waals surface area contributed by atoms with Crippen molar-refractivity contribution in [3.63, 3.8) is 0 Å². The zero-order valence-corrected chi connectivity index (χ0v) is 8.39. The Kier molecular flexibility index (Phi) is 1.50. The van der Waals surface area contributed by atoms with Crippen molar-refractivity contribution in [1.29, 1.82) is 0 Å². The number of anilines is 1. The maximum Gasteiger partial charge on any atom is 0.181 e. The Morgan fingerprint density at radius 1 is 1.57 bits per heavy atom. The number of halogens is 1. The van der Waals surface area contributed by atoms with Crippen molar-refractivity contribution in [2.75, 3.05) is 5.32 Å². The summed E-state index contributed by atoms with van der Waals surface area (Å²) in [7, 11) is 0. The van der Waals surface area contributed by atoms with E-state index in [0.29, 0.717) is 16.8 Å². The summed E-state index contributed by atoms with van der Waals surface area (Å²) in [5.74, 6) is 0. The maximum atomic E-state index is 6.07. The summed E-state index contributed by atoms with van der Waals surface area (Å²) >= 11 is 6.07. The first-order valence-electron chi connectivity index (χ1n) is 4.53. The molecule has 0 spiro atoms. The highest BCUT2D eigenvalue weighted by Crippen LogP contribution is 2.35. The number of hydrogen-bond acceptors (Lipinski definition) is 3. The number of nitrogens with zero attached hydrogens (tertiary/aromatic N) is 2. The second kappa shape index (κ2) is 2.60. The topological polar surface area (TPSA) is 53.6 Å². The second-order valence-electron chi connectivity index (χ2n) is 3.61. The van der Waals surface area contributed by atoms with Gasteiger partial charge in [0.1, 0.15) is 10.7 Å². The predicted octanol–water partition coefficient (Wildman–Crippen LogP) is 1.97. The number of fused-ring (bicyclic) bond motifs is 3. The summed E-state index contributed by atoms with van der Waals surface area (Å²) in [6, 6.07) is 0.415. The van der Waals surface area contributed by atoms with Gasteiger partial charge >= 0.3 is 0 Å². The fourth-order valence-electron chi connectivity index (χ4n) is 1.92. The van der Waals surface area contributed by atoms with E-state index in [0.717, 1.165) is 23.2 Å². The lowest BCUT2D eigenvalue weighted by Gasteiger charge is -2.03. The van der Waals surface area contributed by atoms with Crippen LogP contribution >= 0.6 is 11.6 Å². The van der Waals surface area contributed by atoms with Gasteiger partial charge in [0.15, 0.2) is 5.65 Å². The van der Waals surface area contributed by atoms with Crippen LogP contribution in [0.15, 0.2) is 6.33 Å². The number of rotatable bonds is 0. The molecule has 2 N–H and O–H groups in total. The Balaban J connectivity index is 2.38. The third kappa shape index (κ3) is 0.944. The molecule has 0 saturated heterocycles. The molecule has 1 unspecified atom stereocenters. The van der Waals surface area contributed by atoms with E-state index in [2.05, 4.69) is 27.2 Å². The van der Waals surface area contributed by atoms with Gasteiger partial charge in [0, 0.05) is 11.6 Å². The quantitative estimate of drug-likeness (QED) is 0.651. The van der Waals surface area contributed by atoms with Gasteiger partial charge in [-0.2, -0.15) is 0 Å². The fourth-order valence-corrected chi connectivity index (χ4v) is 2.17. The minimum absolute atomic E-state index is 0.415. The molecule has 72 valence electrons. The van der Waals surface area contributed by atoms with Crippen LogP contribution in [0.25, 0.3) is 11.2 Å². The number of H-pyrrole nitrogens is 1. The molecule has 2 aromatic rings. The minimum atomic E-state index is 0.415. The number of hydrogen-bond donors (Lipinski definition) is 2. The molecule has 0 fully saturated rings. The minimum Gasteiger partial charge on any atom is -0.380 e. The Hall–Kier alpha value is -1.29. The molecule has 0 bridgehead atoms. The molecular weight excluding hydrogens is 200 g/mol. The normalized spacial score (nSPS) is 19.7. The second-order valence-corrected chi connectivity index (χ2v) is 3.96. The highest BCUT2D eigenvalue weighted by Gasteiger charge is 2.23. The van der Waals surface area contributed by atoms with Gasteiger partial charge < -0.3 is 10.3 Å². The van der Waals surface area contributed by atoms with Gasteiger partial charge in [0.2, 0.25) is 0 Å². The number of imidazole rings is 1. The van der Waals surface area contributed by atoms with Crippen LogP contribution in [0.4, 0.5) is 5.69 Å². The van der Waals surface area contributed by atoms with Crippen LogP contribution in [0.3, 0.4) is 0 Å². The van der Waals surface area contributed by atoms with Crippen LogP contribution in [0, 0.1) is 0 Å². The van der Waals surface area contributed by atoms with Crippen molar-refractivity contribution in [3.05, 3.63) is 17.0 Å². The molecule has 1 atom stereocenters. The molecule has 2 aromatic heterocycles. The molecule has 0 radical (unpaired) electrons. The summed E-state index contributed by atoms with van der Waals surface area (Å²) in [6.07, 6.45) is 2.56. The van der Waals surface area contributed by atoms with Crippen LogP contribution in [0.5, 0.6) is 0 Å². The van der Waals surface area contributed by atoms with Crippen LogP contribution < -0.4 is 5.32 Å². The van der Waals surface area contributed by atoms with Gasteiger partial charge in [-0.15, -0.1) is 0 Å². The van der Waals surface area contributed by atoms with Gasteiger partial charge in [0.25, 0.3) is 0 Å². The molecule has 0 saturated carbocycles. The van der Waals surface area contributed by atoms with Crippen LogP contribution in [0.2, 0.25) is 5.15 Å². The van der Waals surface area contributed by atoms with Gasteiger partial charge in [-0.25, -0.2) is 9.97 Å². The number of aromatic amines is 1. The SMILES string of the molecule is CC1Cc2c(Cl)nc3nc[nH]c3c2N1. The first-order valence-corrected chi connectivity index (χ1v) is 4.91. The molecule has 4 nitrogen and oxygen atoms in total. The van der Waals surface area contributed by atoms with E-state index in [1.807, 2.05) is 0 Å². The molecule has 0 amide bonds. The molecule has 14 heavy (non-hydrogen) atoms. The van der Waals surface area contributed by atoms with E-state index in [9.17, 15) is 0 Å². The van der Waals surface area contributed by atoms with Gasteiger partial charge in [-0.3, -0.25) is 0 Å². The molecule has 3 rings (SSSR count). The smallest absolute Gasteiger partial charge is 0.181 e. The Bertz CT molecular complexity index is 505. The monoisotopic (exact) mass is 208 g/mol. The van der Waals surface area contributed by atoms with E-state index in [1.165, 1.54) is 0 Å². The lowest BCUT2D eigenvalue weighted by atomic mass is 10.2. The average Bonchev–Trinajstić information content (AvgIpc) is 2.69. The summed E-state index contributed by atoms with van der Waals surface area (Å²) in [6.45, 7) is 2.12. The lowest BCUT2D eigenvalue weighted by molar-refractivity contribution is 0.838. The summed E-state index contributed by atoms with van der Waals surface area (Å²) in [5, 5.41) is 3.94. The van der Waals surface area contributed by atoms with E-state index >= 15 is 0 Å². The number of pyridine rings is 1. The molecule has 0 aromatic carbocycles. The van der Waals surface area contributed by atoms with Crippen molar-refractivity contribution < 1.29 is 0 Å². The van der Waals surface area contributed by atoms with Gasteiger partial charge in [0.05, 0.1) is 12.0 Å². The number of nitrogens with one attached hydrogen (secondary N) is 2. The molecular formula is C9H9ClN4. The molecule has 1 aliphatic heterocycles. The summed E-state index contributed by atoms with van der Waals surface area (Å²) in [4.78, 5) is 11.4. The van der Waals surface area contributed by atoms with Crippen LogP contribution in [0.1, 0.15) is 12.5 Å². The molecule has 1 aliphatic rings. The lowest BCUT2D eigenvalue weighted by Crippen LogP contribution is -2.08. The largest absolute Gasteiger partial charge is 0.380 e. The van der Waals surface area contributed by atoms with Gasteiger partial charge in [-0.05, 0) is 13.3 Å². The zero-order chi connectivity index (χ0) is 9.71. The maximum absolute atomic E-state index is 6.07. The fraction of sp³-hybridized carbons (Fsp3) is 0.333.